The smallest absolute Gasteiger partial charge is 0.387 e. The molecule has 1 aromatic rings. The average molecular weight is 266 g/mol. The first-order valence-corrected chi connectivity index (χ1v) is 4.99. The van der Waals surface area contributed by atoms with Crippen LogP contribution in [0.2, 0.25) is 0 Å². The zero-order valence-corrected chi connectivity index (χ0v) is 9.33. The van der Waals surface area contributed by atoms with E-state index in [1.165, 1.54) is 19.1 Å². The van der Waals surface area contributed by atoms with Crippen LogP contribution in [0.15, 0.2) is 24.3 Å². The first kappa shape index (κ1) is 14.3. The van der Waals surface area contributed by atoms with Gasteiger partial charge in [-0.25, -0.2) is 4.79 Å². The van der Waals surface area contributed by atoms with Crippen LogP contribution in [-0.4, -0.2) is 19.2 Å². The lowest BCUT2D eigenvalue weighted by molar-refractivity contribution is -0.173. The summed E-state index contributed by atoms with van der Waals surface area (Å²) in [6, 6.07) is 4.17. The minimum Gasteiger partial charge on any atom is -0.461 e. The Kier molecular flexibility index (Phi) is 4.52. The fourth-order valence-electron chi connectivity index (χ4n) is 1.26. The van der Waals surface area contributed by atoms with Gasteiger partial charge in [-0.2, -0.15) is 17.6 Å². The molecule has 1 aromatic carbocycles. The van der Waals surface area contributed by atoms with Gasteiger partial charge >= 0.3 is 18.5 Å². The molecule has 0 saturated heterocycles. The van der Waals surface area contributed by atoms with E-state index in [0.717, 1.165) is 12.1 Å². The molecule has 0 amide bonds. The van der Waals surface area contributed by atoms with Crippen LogP contribution < -0.4 is 4.74 Å². The lowest BCUT2D eigenvalue weighted by atomic mass is 10.1. The lowest BCUT2D eigenvalue weighted by Crippen LogP contribution is -2.29. The number of esters is 1. The van der Waals surface area contributed by atoms with Crippen molar-refractivity contribution in [1.29, 1.82) is 0 Å². The van der Waals surface area contributed by atoms with Gasteiger partial charge in [0.05, 0.1) is 12.2 Å². The molecule has 3 nitrogen and oxygen atoms in total. The van der Waals surface area contributed by atoms with Crippen LogP contribution in [0.1, 0.15) is 12.5 Å². The molecule has 0 aliphatic heterocycles. The molecule has 0 fully saturated rings. The number of hydrogen-bond acceptors (Lipinski definition) is 3. The van der Waals surface area contributed by atoms with Crippen LogP contribution in [0.5, 0.6) is 5.75 Å². The van der Waals surface area contributed by atoms with Gasteiger partial charge in [0.25, 0.3) is 0 Å². The number of hydrogen-bond donors (Lipinski definition) is 0. The van der Waals surface area contributed by atoms with Crippen molar-refractivity contribution in [3.8, 4) is 5.75 Å². The third-order valence-corrected chi connectivity index (χ3v) is 1.97. The van der Waals surface area contributed by atoms with Crippen LogP contribution >= 0.6 is 0 Å². The number of carbonyl (C=O) groups is 1. The van der Waals surface area contributed by atoms with Crippen molar-refractivity contribution < 1.29 is 31.8 Å². The van der Waals surface area contributed by atoms with E-state index in [9.17, 15) is 22.4 Å². The summed E-state index contributed by atoms with van der Waals surface area (Å²) in [5.41, 5.74) is -0.955. The van der Waals surface area contributed by atoms with Gasteiger partial charge in [0.15, 0.2) is 0 Å². The molecule has 7 heteroatoms. The van der Waals surface area contributed by atoms with Gasteiger partial charge in [-0.05, 0) is 19.1 Å². The molecule has 0 N–H and O–H groups in total. The summed E-state index contributed by atoms with van der Waals surface area (Å²) in [4.78, 5) is 11.1. The number of rotatable bonds is 5. The molecular weight excluding hydrogens is 256 g/mol. The summed E-state index contributed by atoms with van der Waals surface area (Å²) in [6.07, 6.45) is 0. The van der Waals surface area contributed by atoms with Crippen LogP contribution in [0.25, 0.3) is 0 Å². The highest BCUT2D eigenvalue weighted by Gasteiger charge is 2.45. The second-order valence-corrected chi connectivity index (χ2v) is 3.17. The minimum atomic E-state index is -4.04. The molecule has 0 aliphatic rings. The Morgan fingerprint density at radius 2 is 1.94 bits per heavy atom. The van der Waals surface area contributed by atoms with E-state index in [-0.39, 0.29) is 6.61 Å². The standard InChI is InChI=1S/C11H10F4O3/c1-2-17-9(16)11(14,15)7-5-3-4-6-8(7)18-10(12)13/h3-6,10H,2H2,1H3. The van der Waals surface area contributed by atoms with E-state index in [0.29, 0.717) is 0 Å². The number of para-hydroxylation sites is 1. The Bertz CT molecular complexity index is 421. The fourth-order valence-corrected chi connectivity index (χ4v) is 1.26. The molecule has 0 radical (unpaired) electrons. The normalized spacial score (nSPS) is 11.4. The quantitative estimate of drug-likeness (QED) is 0.607. The third kappa shape index (κ3) is 3.12. The molecule has 0 aliphatic carbocycles. The van der Waals surface area contributed by atoms with Crippen LogP contribution in [0.3, 0.4) is 0 Å². The maximum absolute atomic E-state index is 13.6. The topological polar surface area (TPSA) is 35.5 Å². The summed E-state index contributed by atoms with van der Waals surface area (Å²) in [5, 5.41) is 0. The predicted molar refractivity (Wildman–Crippen MR) is 53.6 cm³/mol. The van der Waals surface area contributed by atoms with Crippen molar-refractivity contribution in [3.63, 3.8) is 0 Å². The zero-order valence-electron chi connectivity index (χ0n) is 9.33. The van der Waals surface area contributed by atoms with Gasteiger partial charge < -0.3 is 9.47 Å². The molecule has 0 aromatic heterocycles. The summed E-state index contributed by atoms with van der Waals surface area (Å²) >= 11 is 0. The van der Waals surface area contributed by atoms with Gasteiger partial charge in [-0.3, -0.25) is 0 Å². The van der Waals surface area contributed by atoms with Gasteiger partial charge in [-0.1, -0.05) is 12.1 Å². The van der Waals surface area contributed by atoms with E-state index in [1.807, 2.05) is 0 Å². The number of halogens is 4. The minimum absolute atomic E-state index is 0.244. The second kappa shape index (κ2) is 5.70. The molecule has 18 heavy (non-hydrogen) atoms. The molecule has 0 saturated carbocycles. The Hall–Kier alpha value is -1.79. The summed E-state index contributed by atoms with van der Waals surface area (Å²) in [7, 11) is 0. The van der Waals surface area contributed by atoms with E-state index < -0.39 is 29.8 Å². The Balaban J connectivity index is 3.10. The van der Waals surface area contributed by atoms with Gasteiger partial charge in [-0.15, -0.1) is 0 Å². The number of alkyl halides is 4. The molecule has 0 bridgehead atoms. The largest absolute Gasteiger partial charge is 0.461 e. The lowest BCUT2D eigenvalue weighted by Gasteiger charge is -2.18. The zero-order chi connectivity index (χ0) is 13.8. The van der Waals surface area contributed by atoms with E-state index in [2.05, 4.69) is 9.47 Å². The average Bonchev–Trinajstić information content (AvgIpc) is 2.29. The highest BCUT2D eigenvalue weighted by atomic mass is 19.3. The monoisotopic (exact) mass is 266 g/mol. The van der Waals surface area contributed by atoms with Gasteiger partial charge in [0.1, 0.15) is 5.75 Å². The fraction of sp³-hybridized carbons (Fsp3) is 0.364. The number of ether oxygens (including phenoxy) is 2. The van der Waals surface area contributed by atoms with Crippen molar-refractivity contribution in [2.75, 3.05) is 6.61 Å². The highest BCUT2D eigenvalue weighted by Crippen LogP contribution is 2.36. The van der Waals surface area contributed by atoms with Crippen LogP contribution in [-0.2, 0) is 15.5 Å². The van der Waals surface area contributed by atoms with Crippen molar-refractivity contribution >= 4 is 5.97 Å². The number of carbonyl (C=O) groups excluding carboxylic acids is 1. The molecule has 0 heterocycles. The van der Waals surface area contributed by atoms with Crippen molar-refractivity contribution in [1.82, 2.24) is 0 Å². The predicted octanol–water partition coefficient (Wildman–Crippen LogP) is 2.94. The number of benzene rings is 1. The molecule has 1 rings (SSSR count). The first-order valence-electron chi connectivity index (χ1n) is 4.99. The Morgan fingerprint density at radius 1 is 1.33 bits per heavy atom. The van der Waals surface area contributed by atoms with Gasteiger partial charge in [0, 0.05) is 0 Å². The third-order valence-electron chi connectivity index (χ3n) is 1.97. The maximum atomic E-state index is 13.6. The van der Waals surface area contributed by atoms with Gasteiger partial charge in [0.2, 0.25) is 0 Å². The van der Waals surface area contributed by atoms with E-state index >= 15 is 0 Å². The molecule has 0 atom stereocenters. The second-order valence-electron chi connectivity index (χ2n) is 3.17. The summed E-state index contributed by atoms with van der Waals surface area (Å²) in [5.74, 6) is -6.61. The maximum Gasteiger partial charge on any atom is 0.387 e. The molecule has 100 valence electrons. The van der Waals surface area contributed by atoms with Crippen LogP contribution in [0.4, 0.5) is 17.6 Å². The SMILES string of the molecule is CCOC(=O)C(F)(F)c1ccccc1OC(F)F. The van der Waals surface area contributed by atoms with E-state index in [4.69, 9.17) is 0 Å². The molecule has 0 spiro atoms. The van der Waals surface area contributed by atoms with Crippen LogP contribution in [0, 0.1) is 0 Å². The molecular formula is C11H10F4O3. The Labute approximate surface area is 100 Å². The van der Waals surface area contributed by atoms with Crippen molar-refractivity contribution in [2.45, 2.75) is 19.5 Å². The summed E-state index contributed by atoms with van der Waals surface area (Å²) < 4.78 is 59.5. The van der Waals surface area contributed by atoms with Crippen molar-refractivity contribution in [3.05, 3.63) is 29.8 Å². The molecule has 0 unspecified atom stereocenters. The first-order chi connectivity index (χ1) is 8.39. The van der Waals surface area contributed by atoms with E-state index in [1.54, 1.807) is 0 Å². The highest BCUT2D eigenvalue weighted by molar-refractivity contribution is 5.80. The summed E-state index contributed by atoms with van der Waals surface area (Å²) in [6.45, 7) is -2.15. The Morgan fingerprint density at radius 3 is 2.50 bits per heavy atom. The van der Waals surface area contributed by atoms with Crippen molar-refractivity contribution in [2.24, 2.45) is 0 Å².